The molecule has 0 fully saturated rings. The molecule has 2 aromatic rings. The molecule has 0 saturated carbocycles. The van der Waals surface area contributed by atoms with E-state index >= 15 is 0 Å². The predicted octanol–water partition coefficient (Wildman–Crippen LogP) is 3.11. The topological polar surface area (TPSA) is 46.2 Å². The van der Waals surface area contributed by atoms with Gasteiger partial charge in [-0.15, -0.1) is 0 Å². The van der Waals surface area contributed by atoms with Crippen molar-refractivity contribution in [1.29, 1.82) is 0 Å². The summed E-state index contributed by atoms with van der Waals surface area (Å²) in [6, 6.07) is 15.7. The highest BCUT2D eigenvalue weighted by molar-refractivity contribution is 5.40. The summed E-state index contributed by atoms with van der Waals surface area (Å²) < 4.78 is 0. The molecule has 2 nitrogen and oxygen atoms in total. The van der Waals surface area contributed by atoms with Crippen molar-refractivity contribution in [3.63, 3.8) is 0 Å². The maximum Gasteiger partial charge on any atom is 0.0833 e. The molecule has 0 aliphatic rings. The fourth-order valence-corrected chi connectivity index (χ4v) is 2.17. The van der Waals surface area contributed by atoms with Gasteiger partial charge in [-0.1, -0.05) is 43.3 Å². The lowest BCUT2D eigenvalue weighted by Crippen LogP contribution is -2.05. The van der Waals surface area contributed by atoms with Crippen LogP contribution in [0, 0.1) is 0 Å². The Labute approximate surface area is 108 Å². The first-order chi connectivity index (χ1) is 8.70. The summed E-state index contributed by atoms with van der Waals surface area (Å²) >= 11 is 0. The third-order valence-corrected chi connectivity index (χ3v) is 3.20. The maximum atomic E-state index is 10.3. The molecule has 18 heavy (non-hydrogen) atoms. The molecular weight excluding hydrogens is 222 g/mol. The molecule has 0 heterocycles. The Bertz CT molecular complexity index is 505. The van der Waals surface area contributed by atoms with Gasteiger partial charge in [-0.25, -0.2) is 0 Å². The van der Waals surface area contributed by atoms with Gasteiger partial charge in [0.05, 0.1) is 6.10 Å². The fourth-order valence-electron chi connectivity index (χ4n) is 2.17. The number of hydrogen-bond donors (Lipinski definition) is 2. The van der Waals surface area contributed by atoms with E-state index in [0.29, 0.717) is 6.42 Å². The molecule has 1 atom stereocenters. The number of aliphatic hydroxyl groups excluding tert-OH is 1. The average Bonchev–Trinajstić information content (AvgIpc) is 2.41. The van der Waals surface area contributed by atoms with Crippen molar-refractivity contribution in [2.24, 2.45) is 0 Å². The van der Waals surface area contributed by atoms with Crippen molar-refractivity contribution in [3.05, 3.63) is 65.2 Å². The summed E-state index contributed by atoms with van der Waals surface area (Å²) in [5.41, 5.74) is 9.74. The predicted molar refractivity (Wildman–Crippen MR) is 75.3 cm³/mol. The van der Waals surface area contributed by atoms with E-state index < -0.39 is 6.10 Å². The second-order valence-corrected chi connectivity index (χ2v) is 4.51. The molecule has 0 aliphatic carbocycles. The number of anilines is 1. The lowest BCUT2D eigenvalue weighted by atomic mass is 9.96. The van der Waals surface area contributed by atoms with Crippen LogP contribution >= 0.6 is 0 Å². The molecule has 0 aromatic heterocycles. The lowest BCUT2D eigenvalue weighted by molar-refractivity contribution is 0.177. The minimum atomic E-state index is -0.454. The van der Waals surface area contributed by atoms with Gasteiger partial charge in [-0.2, -0.15) is 0 Å². The number of aryl methyl sites for hydroxylation is 1. The summed E-state index contributed by atoms with van der Waals surface area (Å²) in [7, 11) is 0. The van der Waals surface area contributed by atoms with E-state index in [0.717, 1.165) is 23.2 Å². The van der Waals surface area contributed by atoms with Crippen molar-refractivity contribution >= 4 is 5.69 Å². The zero-order valence-corrected chi connectivity index (χ0v) is 10.6. The average molecular weight is 241 g/mol. The second-order valence-electron chi connectivity index (χ2n) is 4.51. The van der Waals surface area contributed by atoms with E-state index in [9.17, 15) is 5.11 Å². The summed E-state index contributed by atoms with van der Waals surface area (Å²) in [5.74, 6) is 0. The quantitative estimate of drug-likeness (QED) is 0.808. The molecule has 1 unspecified atom stereocenters. The Morgan fingerprint density at radius 3 is 2.39 bits per heavy atom. The minimum Gasteiger partial charge on any atom is -0.399 e. The second kappa shape index (κ2) is 5.69. The number of benzene rings is 2. The standard InChI is InChI=1S/C16H19NO/c1-2-13-5-3-4-6-15(13)16(18)11-12-7-9-14(17)10-8-12/h3-10,16,18H,2,11,17H2,1H3. The first kappa shape index (κ1) is 12.7. The molecule has 3 N–H and O–H groups in total. The van der Waals surface area contributed by atoms with Crippen LogP contribution in [0.3, 0.4) is 0 Å². The zero-order valence-electron chi connectivity index (χ0n) is 10.6. The first-order valence-electron chi connectivity index (χ1n) is 6.31. The van der Waals surface area contributed by atoms with Crippen molar-refractivity contribution in [2.75, 3.05) is 5.73 Å². The highest BCUT2D eigenvalue weighted by atomic mass is 16.3. The van der Waals surface area contributed by atoms with Crippen LogP contribution in [0.25, 0.3) is 0 Å². The van der Waals surface area contributed by atoms with Crippen LogP contribution in [0.2, 0.25) is 0 Å². The molecule has 2 heteroatoms. The zero-order chi connectivity index (χ0) is 13.0. The molecule has 2 rings (SSSR count). The Kier molecular flexibility index (Phi) is 4.00. The van der Waals surface area contributed by atoms with Gasteiger partial charge in [0.2, 0.25) is 0 Å². The van der Waals surface area contributed by atoms with Gasteiger partial charge in [0.25, 0.3) is 0 Å². The van der Waals surface area contributed by atoms with Gasteiger partial charge in [0.1, 0.15) is 0 Å². The molecular formula is C16H19NO. The van der Waals surface area contributed by atoms with Gasteiger partial charge in [0, 0.05) is 12.1 Å². The monoisotopic (exact) mass is 241 g/mol. The van der Waals surface area contributed by atoms with Crippen molar-refractivity contribution in [3.8, 4) is 0 Å². The van der Waals surface area contributed by atoms with Crippen molar-refractivity contribution in [2.45, 2.75) is 25.9 Å². The van der Waals surface area contributed by atoms with Crippen LogP contribution in [-0.2, 0) is 12.8 Å². The van der Waals surface area contributed by atoms with E-state index in [4.69, 9.17) is 5.73 Å². The molecule has 0 saturated heterocycles. The summed E-state index contributed by atoms with van der Waals surface area (Å²) in [5, 5.41) is 10.3. The molecule has 0 bridgehead atoms. The first-order valence-corrected chi connectivity index (χ1v) is 6.31. The van der Waals surface area contributed by atoms with E-state index in [1.54, 1.807) is 0 Å². The third kappa shape index (κ3) is 2.90. The summed E-state index contributed by atoms with van der Waals surface area (Å²) in [6.07, 6.45) is 1.11. The highest BCUT2D eigenvalue weighted by Crippen LogP contribution is 2.22. The lowest BCUT2D eigenvalue weighted by Gasteiger charge is -2.15. The van der Waals surface area contributed by atoms with Crippen molar-refractivity contribution in [1.82, 2.24) is 0 Å². The Balaban J connectivity index is 2.16. The van der Waals surface area contributed by atoms with Gasteiger partial charge in [0.15, 0.2) is 0 Å². The van der Waals surface area contributed by atoms with Crippen LogP contribution in [-0.4, -0.2) is 5.11 Å². The van der Waals surface area contributed by atoms with Gasteiger partial charge in [-0.3, -0.25) is 0 Å². The van der Waals surface area contributed by atoms with Crippen LogP contribution in [0.4, 0.5) is 5.69 Å². The van der Waals surface area contributed by atoms with E-state index in [2.05, 4.69) is 13.0 Å². The molecule has 0 amide bonds. The highest BCUT2D eigenvalue weighted by Gasteiger charge is 2.11. The Hall–Kier alpha value is -1.80. The van der Waals surface area contributed by atoms with Crippen LogP contribution in [0.15, 0.2) is 48.5 Å². The van der Waals surface area contributed by atoms with E-state index in [-0.39, 0.29) is 0 Å². The minimum absolute atomic E-state index is 0.454. The number of nitrogen functional groups attached to an aromatic ring is 1. The van der Waals surface area contributed by atoms with Gasteiger partial charge in [-0.05, 0) is 35.2 Å². The number of nitrogens with two attached hydrogens (primary N) is 1. The summed E-state index contributed by atoms with van der Waals surface area (Å²) in [4.78, 5) is 0. The smallest absolute Gasteiger partial charge is 0.0833 e. The molecule has 2 aromatic carbocycles. The Morgan fingerprint density at radius 1 is 1.06 bits per heavy atom. The number of aliphatic hydroxyl groups is 1. The summed E-state index contributed by atoms with van der Waals surface area (Å²) in [6.45, 7) is 2.11. The van der Waals surface area contributed by atoms with Gasteiger partial charge >= 0.3 is 0 Å². The SMILES string of the molecule is CCc1ccccc1C(O)Cc1ccc(N)cc1. The largest absolute Gasteiger partial charge is 0.399 e. The van der Waals surface area contributed by atoms with E-state index in [1.165, 1.54) is 5.56 Å². The molecule has 94 valence electrons. The van der Waals surface area contributed by atoms with E-state index in [1.807, 2.05) is 42.5 Å². The van der Waals surface area contributed by atoms with Gasteiger partial charge < -0.3 is 10.8 Å². The molecule has 0 aliphatic heterocycles. The number of hydrogen-bond acceptors (Lipinski definition) is 2. The van der Waals surface area contributed by atoms with Crippen LogP contribution in [0.1, 0.15) is 29.7 Å². The van der Waals surface area contributed by atoms with Crippen LogP contribution < -0.4 is 5.73 Å². The van der Waals surface area contributed by atoms with Crippen molar-refractivity contribution < 1.29 is 5.11 Å². The molecule has 0 spiro atoms. The molecule has 0 radical (unpaired) electrons. The Morgan fingerprint density at radius 2 is 1.72 bits per heavy atom. The fraction of sp³-hybridized carbons (Fsp3) is 0.250. The van der Waals surface area contributed by atoms with Crippen LogP contribution in [0.5, 0.6) is 0 Å². The number of rotatable bonds is 4. The maximum absolute atomic E-state index is 10.3. The normalized spacial score (nSPS) is 12.3. The third-order valence-electron chi connectivity index (χ3n) is 3.20.